The predicted molar refractivity (Wildman–Crippen MR) is 104 cm³/mol. The highest BCUT2D eigenvalue weighted by Gasteiger charge is 2.13. The molecule has 0 aliphatic carbocycles. The van der Waals surface area contributed by atoms with Crippen molar-refractivity contribution in [2.45, 2.75) is 11.0 Å². The van der Waals surface area contributed by atoms with Gasteiger partial charge in [-0.05, 0) is 24.3 Å². The minimum Gasteiger partial charge on any atom is -0.497 e. The first-order valence-electron chi connectivity index (χ1n) is 7.92. The number of hydrogen-bond donors (Lipinski definition) is 0. The fourth-order valence-corrected chi connectivity index (χ4v) is 4.21. The molecule has 0 aliphatic rings. The van der Waals surface area contributed by atoms with Gasteiger partial charge in [-0.15, -0.1) is 11.3 Å². The average Bonchev–Trinajstić information content (AvgIpc) is 3.32. The van der Waals surface area contributed by atoms with Crippen LogP contribution >= 0.6 is 23.1 Å². The molecule has 2 heterocycles. The molecule has 4 aromatic rings. The summed E-state index contributed by atoms with van der Waals surface area (Å²) in [6, 6.07) is 13.5. The molecule has 0 spiro atoms. The summed E-state index contributed by atoms with van der Waals surface area (Å²) in [7, 11) is 3.29. The van der Waals surface area contributed by atoms with Crippen molar-refractivity contribution in [3.63, 3.8) is 0 Å². The van der Waals surface area contributed by atoms with Crippen LogP contribution in [0.3, 0.4) is 0 Å². The molecular formula is C19H16N2O3S2. The second kappa shape index (κ2) is 7.39. The lowest BCUT2D eigenvalue weighted by atomic mass is 10.2. The molecule has 5 nitrogen and oxygen atoms in total. The summed E-state index contributed by atoms with van der Waals surface area (Å²) in [6.45, 7) is 0. The molecule has 0 aliphatic heterocycles. The van der Waals surface area contributed by atoms with Crippen molar-refractivity contribution in [1.82, 2.24) is 9.97 Å². The number of benzene rings is 2. The van der Waals surface area contributed by atoms with E-state index in [2.05, 4.69) is 10.4 Å². The van der Waals surface area contributed by atoms with Gasteiger partial charge >= 0.3 is 0 Å². The number of methoxy groups -OCH3 is 2. The Morgan fingerprint density at radius 1 is 1.08 bits per heavy atom. The molecule has 7 heteroatoms. The molecular weight excluding hydrogens is 368 g/mol. The minimum absolute atomic E-state index is 0.655. The van der Waals surface area contributed by atoms with Crippen LogP contribution in [0.2, 0.25) is 0 Å². The monoisotopic (exact) mass is 384 g/mol. The highest BCUT2D eigenvalue weighted by molar-refractivity contribution is 7.98. The Hall–Kier alpha value is -2.51. The molecule has 132 valence electrons. The molecule has 0 radical (unpaired) electrons. The zero-order chi connectivity index (χ0) is 17.9. The summed E-state index contributed by atoms with van der Waals surface area (Å²) in [6.07, 6.45) is 0. The van der Waals surface area contributed by atoms with E-state index in [0.717, 1.165) is 38.9 Å². The molecule has 26 heavy (non-hydrogen) atoms. The van der Waals surface area contributed by atoms with Crippen LogP contribution in [0.25, 0.3) is 21.7 Å². The first kappa shape index (κ1) is 16.9. The van der Waals surface area contributed by atoms with Gasteiger partial charge in [0.25, 0.3) is 5.22 Å². The van der Waals surface area contributed by atoms with Crippen molar-refractivity contribution in [1.29, 1.82) is 0 Å². The van der Waals surface area contributed by atoms with Crippen molar-refractivity contribution in [2.24, 2.45) is 0 Å². The number of oxazole rings is 1. The average molecular weight is 384 g/mol. The molecule has 0 amide bonds. The fourth-order valence-electron chi connectivity index (χ4n) is 2.52. The van der Waals surface area contributed by atoms with Crippen LogP contribution in [0, 0.1) is 0 Å². The standard InChI is InChI=1S/C19H16N2O3S2/c1-22-13-7-8-14(17(9-13)23-2)18-20-12(10-25-18)11-26-19-21-15-5-3-4-6-16(15)24-19/h3-10H,11H2,1-2H3. The Morgan fingerprint density at radius 2 is 1.96 bits per heavy atom. The van der Waals surface area contributed by atoms with Crippen LogP contribution in [0.15, 0.2) is 57.5 Å². The summed E-state index contributed by atoms with van der Waals surface area (Å²) < 4.78 is 16.5. The number of rotatable bonds is 6. The molecule has 0 N–H and O–H groups in total. The highest BCUT2D eigenvalue weighted by atomic mass is 32.2. The number of nitrogens with zero attached hydrogens (tertiary/aromatic N) is 2. The lowest BCUT2D eigenvalue weighted by Gasteiger charge is -2.08. The van der Waals surface area contributed by atoms with Crippen LogP contribution in [0.1, 0.15) is 5.69 Å². The number of para-hydroxylation sites is 2. The molecule has 0 saturated heterocycles. The minimum atomic E-state index is 0.655. The van der Waals surface area contributed by atoms with Crippen LogP contribution in [-0.2, 0) is 5.75 Å². The van der Waals surface area contributed by atoms with E-state index in [-0.39, 0.29) is 0 Å². The first-order valence-corrected chi connectivity index (χ1v) is 9.78. The van der Waals surface area contributed by atoms with E-state index in [1.807, 2.05) is 42.5 Å². The Bertz CT molecular complexity index is 1010. The Balaban J connectivity index is 1.51. The lowest BCUT2D eigenvalue weighted by Crippen LogP contribution is -1.90. The maximum absolute atomic E-state index is 5.74. The number of aromatic nitrogens is 2. The third kappa shape index (κ3) is 3.40. The van der Waals surface area contributed by atoms with Gasteiger partial charge in [-0.25, -0.2) is 9.97 Å². The van der Waals surface area contributed by atoms with E-state index in [0.29, 0.717) is 11.0 Å². The normalized spacial score (nSPS) is 11.0. The van der Waals surface area contributed by atoms with Crippen molar-refractivity contribution in [3.8, 4) is 22.1 Å². The molecule has 2 aromatic carbocycles. The zero-order valence-corrected chi connectivity index (χ0v) is 15.9. The van der Waals surface area contributed by atoms with Crippen LogP contribution in [0.5, 0.6) is 11.5 Å². The van der Waals surface area contributed by atoms with Gasteiger partial charge in [-0.2, -0.15) is 0 Å². The second-order valence-electron chi connectivity index (χ2n) is 5.45. The zero-order valence-electron chi connectivity index (χ0n) is 14.3. The quantitative estimate of drug-likeness (QED) is 0.423. The van der Waals surface area contributed by atoms with Gasteiger partial charge < -0.3 is 13.9 Å². The number of thioether (sulfide) groups is 1. The smallest absolute Gasteiger partial charge is 0.257 e. The van der Waals surface area contributed by atoms with Gasteiger partial charge in [-0.3, -0.25) is 0 Å². The third-order valence-corrected chi connectivity index (χ3v) is 5.59. The van der Waals surface area contributed by atoms with Crippen LogP contribution in [-0.4, -0.2) is 24.2 Å². The molecule has 0 unspecified atom stereocenters. The predicted octanol–water partition coefficient (Wildman–Crippen LogP) is 5.26. The SMILES string of the molecule is COc1ccc(-c2nc(CSc3nc4ccccc4o3)cs2)c(OC)c1. The van der Waals surface area contributed by atoms with E-state index in [4.69, 9.17) is 18.9 Å². The second-order valence-corrected chi connectivity index (χ2v) is 7.23. The van der Waals surface area contributed by atoms with Crippen molar-refractivity contribution >= 4 is 34.2 Å². The Labute approximate surface area is 159 Å². The summed E-state index contributed by atoms with van der Waals surface area (Å²) in [4.78, 5) is 9.20. The van der Waals surface area contributed by atoms with Gasteiger partial charge in [0.05, 0.1) is 25.5 Å². The molecule has 0 atom stereocenters. The Kier molecular flexibility index (Phi) is 4.81. The van der Waals surface area contributed by atoms with Gasteiger partial charge in [0.1, 0.15) is 22.0 Å². The van der Waals surface area contributed by atoms with E-state index in [1.54, 1.807) is 25.6 Å². The van der Waals surface area contributed by atoms with Gasteiger partial charge in [-0.1, -0.05) is 23.9 Å². The summed E-state index contributed by atoms with van der Waals surface area (Å²) in [5.41, 5.74) is 3.61. The molecule has 0 fully saturated rings. The number of hydrogen-bond acceptors (Lipinski definition) is 7. The molecule has 0 saturated carbocycles. The van der Waals surface area contributed by atoms with Gasteiger partial charge in [0.2, 0.25) is 0 Å². The van der Waals surface area contributed by atoms with E-state index < -0.39 is 0 Å². The number of thiazole rings is 1. The summed E-state index contributed by atoms with van der Waals surface area (Å²) in [5, 5.41) is 3.62. The number of ether oxygens (including phenoxy) is 2. The lowest BCUT2D eigenvalue weighted by molar-refractivity contribution is 0.395. The van der Waals surface area contributed by atoms with Crippen molar-refractivity contribution in [3.05, 3.63) is 53.5 Å². The number of fused-ring (bicyclic) bond motifs is 1. The molecule has 2 aromatic heterocycles. The van der Waals surface area contributed by atoms with Gasteiger partial charge in [0, 0.05) is 17.2 Å². The third-order valence-electron chi connectivity index (χ3n) is 3.81. The summed E-state index contributed by atoms with van der Waals surface area (Å²) >= 11 is 3.13. The Morgan fingerprint density at radius 3 is 2.77 bits per heavy atom. The first-order chi connectivity index (χ1) is 12.8. The molecule has 0 bridgehead atoms. The van der Waals surface area contributed by atoms with Crippen molar-refractivity contribution in [2.75, 3.05) is 14.2 Å². The van der Waals surface area contributed by atoms with E-state index >= 15 is 0 Å². The topological polar surface area (TPSA) is 57.4 Å². The fraction of sp³-hybridized carbons (Fsp3) is 0.158. The van der Waals surface area contributed by atoms with E-state index in [1.165, 1.54) is 11.8 Å². The summed E-state index contributed by atoms with van der Waals surface area (Å²) in [5.74, 6) is 2.20. The van der Waals surface area contributed by atoms with Gasteiger partial charge in [0.15, 0.2) is 5.58 Å². The maximum atomic E-state index is 5.74. The van der Waals surface area contributed by atoms with Crippen LogP contribution in [0.4, 0.5) is 0 Å². The molecule has 4 rings (SSSR count). The van der Waals surface area contributed by atoms with E-state index in [9.17, 15) is 0 Å². The van der Waals surface area contributed by atoms with Crippen molar-refractivity contribution < 1.29 is 13.9 Å². The van der Waals surface area contributed by atoms with Crippen LogP contribution < -0.4 is 9.47 Å². The highest BCUT2D eigenvalue weighted by Crippen LogP contribution is 2.36. The largest absolute Gasteiger partial charge is 0.497 e. The maximum Gasteiger partial charge on any atom is 0.257 e.